The van der Waals surface area contributed by atoms with Crippen molar-refractivity contribution < 1.29 is 15.3 Å². The summed E-state index contributed by atoms with van der Waals surface area (Å²) in [4.78, 5) is 1.55. The summed E-state index contributed by atoms with van der Waals surface area (Å²) in [7, 11) is 2.24. The molecule has 1 aromatic carbocycles. The number of nitrogens with two attached hydrogens (primary N) is 1. The van der Waals surface area contributed by atoms with Crippen LogP contribution in [0.2, 0.25) is 0 Å². The van der Waals surface area contributed by atoms with Crippen LogP contribution < -0.4 is 10.2 Å². The van der Waals surface area contributed by atoms with Crippen molar-refractivity contribution in [1.29, 1.82) is 0 Å². The lowest BCUT2D eigenvalue weighted by molar-refractivity contribution is -0.916. The van der Waals surface area contributed by atoms with Crippen molar-refractivity contribution >= 4 is 0 Å². The number of aliphatic hydroxyl groups is 1. The maximum Gasteiger partial charge on any atom is 0.101 e. The summed E-state index contributed by atoms with van der Waals surface area (Å²) in [6.45, 7) is 7.54. The van der Waals surface area contributed by atoms with Crippen molar-refractivity contribution in [2.45, 2.75) is 44.9 Å². The molecule has 20 heavy (non-hydrogen) atoms. The Bertz CT molecular complexity index is 409. The van der Waals surface area contributed by atoms with Crippen LogP contribution in [0.15, 0.2) is 30.3 Å². The van der Waals surface area contributed by atoms with E-state index in [2.05, 4.69) is 56.5 Å². The van der Waals surface area contributed by atoms with E-state index in [9.17, 15) is 5.11 Å². The van der Waals surface area contributed by atoms with Gasteiger partial charge in [-0.2, -0.15) is 0 Å². The van der Waals surface area contributed by atoms with E-state index >= 15 is 0 Å². The molecule has 1 aliphatic heterocycles. The topological polar surface area (TPSA) is 41.3 Å². The Balaban J connectivity index is 1.78. The van der Waals surface area contributed by atoms with Crippen LogP contribution in [0.25, 0.3) is 0 Å². The minimum atomic E-state index is -0.466. The fourth-order valence-corrected chi connectivity index (χ4v) is 3.36. The standard InChI is InChI=1S/C17H28N2O/c1-14-13-19(3)15(2)11-17(14,20)9-10-18-12-16-7-5-4-6-8-16/h4-8,14-15,18,20H,9-13H2,1-3H3/p+2/t14-,15-,17-/m1/s1. The lowest BCUT2D eigenvalue weighted by Crippen LogP contribution is -3.15. The first kappa shape index (κ1) is 15.5. The summed E-state index contributed by atoms with van der Waals surface area (Å²) in [6, 6.07) is 11.1. The van der Waals surface area contributed by atoms with Gasteiger partial charge < -0.3 is 15.3 Å². The molecule has 1 aliphatic rings. The van der Waals surface area contributed by atoms with Crippen LogP contribution in [0.4, 0.5) is 0 Å². The fourth-order valence-electron chi connectivity index (χ4n) is 3.36. The van der Waals surface area contributed by atoms with Gasteiger partial charge in [-0.25, -0.2) is 0 Å². The van der Waals surface area contributed by atoms with Crippen LogP contribution in [0.5, 0.6) is 0 Å². The number of hydrogen-bond acceptors (Lipinski definition) is 1. The van der Waals surface area contributed by atoms with Gasteiger partial charge in [0.2, 0.25) is 0 Å². The van der Waals surface area contributed by atoms with E-state index in [0.29, 0.717) is 12.0 Å². The molecule has 0 aliphatic carbocycles. The van der Waals surface area contributed by atoms with Crippen LogP contribution in [0, 0.1) is 5.92 Å². The summed E-state index contributed by atoms with van der Waals surface area (Å²) >= 11 is 0. The third-order valence-corrected chi connectivity index (χ3v) is 5.05. The molecule has 4 N–H and O–H groups in total. The SMILES string of the molecule is C[C@@H]1C[C@](O)(CC[NH2+]Cc2ccccc2)[C@H](C)C[NH+]1C. The predicted octanol–water partition coefficient (Wildman–Crippen LogP) is -0.186. The van der Waals surface area contributed by atoms with Gasteiger partial charge >= 0.3 is 0 Å². The molecular weight excluding hydrogens is 248 g/mol. The summed E-state index contributed by atoms with van der Waals surface area (Å²) < 4.78 is 0. The highest BCUT2D eigenvalue weighted by molar-refractivity contribution is 5.12. The number of hydrogen-bond donors (Lipinski definition) is 3. The van der Waals surface area contributed by atoms with Crippen LogP contribution in [-0.2, 0) is 6.54 Å². The molecule has 0 amide bonds. The van der Waals surface area contributed by atoms with Crippen molar-refractivity contribution in [2.24, 2.45) is 5.92 Å². The average Bonchev–Trinajstić information content (AvgIpc) is 2.43. The van der Waals surface area contributed by atoms with E-state index in [-0.39, 0.29) is 0 Å². The Hall–Kier alpha value is -0.900. The lowest BCUT2D eigenvalue weighted by Gasteiger charge is -2.43. The maximum absolute atomic E-state index is 10.9. The van der Waals surface area contributed by atoms with Crippen LogP contribution >= 0.6 is 0 Å². The second kappa shape index (κ2) is 6.70. The van der Waals surface area contributed by atoms with Gasteiger partial charge in [0.1, 0.15) is 6.54 Å². The molecule has 0 aromatic heterocycles. The first-order valence-corrected chi connectivity index (χ1v) is 7.91. The van der Waals surface area contributed by atoms with Crippen LogP contribution in [0.1, 0.15) is 32.3 Å². The van der Waals surface area contributed by atoms with E-state index in [1.165, 1.54) is 5.56 Å². The lowest BCUT2D eigenvalue weighted by atomic mass is 9.77. The molecule has 3 heteroatoms. The van der Waals surface area contributed by atoms with Gasteiger partial charge in [0.15, 0.2) is 0 Å². The van der Waals surface area contributed by atoms with Gasteiger partial charge in [-0.05, 0) is 6.92 Å². The minimum absolute atomic E-state index is 0.392. The number of benzene rings is 1. The van der Waals surface area contributed by atoms with Crippen molar-refractivity contribution in [3.8, 4) is 0 Å². The summed E-state index contributed by atoms with van der Waals surface area (Å²) in [5, 5.41) is 13.2. The molecule has 0 spiro atoms. The molecule has 0 bridgehead atoms. The highest BCUT2D eigenvalue weighted by atomic mass is 16.3. The monoisotopic (exact) mass is 278 g/mol. The molecule has 2 rings (SSSR count). The number of likely N-dealkylation sites (tertiary alicyclic amines) is 1. The molecule has 0 radical (unpaired) electrons. The summed E-state index contributed by atoms with van der Waals surface area (Å²) in [5.74, 6) is 0.392. The number of piperidine rings is 1. The van der Waals surface area contributed by atoms with Crippen LogP contribution in [-0.4, -0.2) is 36.9 Å². The Labute approximate surface area is 123 Å². The molecule has 112 valence electrons. The van der Waals surface area contributed by atoms with Crippen molar-refractivity contribution in [3.63, 3.8) is 0 Å². The molecule has 1 unspecified atom stereocenters. The number of rotatable bonds is 5. The van der Waals surface area contributed by atoms with E-state index in [1.54, 1.807) is 4.90 Å². The van der Waals surface area contributed by atoms with Gasteiger partial charge in [0.25, 0.3) is 0 Å². The fraction of sp³-hybridized carbons (Fsp3) is 0.647. The Morgan fingerprint density at radius 2 is 2.00 bits per heavy atom. The molecule has 1 aromatic rings. The maximum atomic E-state index is 10.9. The largest absolute Gasteiger partial charge is 0.389 e. The van der Waals surface area contributed by atoms with E-state index in [0.717, 1.165) is 32.5 Å². The third kappa shape index (κ3) is 3.81. The second-order valence-electron chi connectivity index (χ2n) is 6.68. The molecular formula is C17H30N2O+2. The molecule has 1 fully saturated rings. The zero-order valence-corrected chi connectivity index (χ0v) is 13.1. The molecule has 1 saturated heterocycles. The summed E-state index contributed by atoms with van der Waals surface area (Å²) in [6.07, 6.45) is 1.83. The zero-order chi connectivity index (χ0) is 14.6. The van der Waals surface area contributed by atoms with Gasteiger partial charge in [0, 0.05) is 24.3 Å². The normalized spacial score (nSPS) is 34.1. The third-order valence-electron chi connectivity index (χ3n) is 5.05. The predicted molar refractivity (Wildman–Crippen MR) is 81.5 cm³/mol. The number of nitrogens with one attached hydrogen (secondary N) is 1. The highest BCUT2D eigenvalue weighted by Gasteiger charge is 2.43. The molecule has 3 nitrogen and oxygen atoms in total. The first-order chi connectivity index (χ1) is 9.51. The van der Waals surface area contributed by atoms with Gasteiger partial charge in [-0.3, -0.25) is 0 Å². The van der Waals surface area contributed by atoms with Crippen molar-refractivity contribution in [1.82, 2.24) is 0 Å². The quantitative estimate of drug-likeness (QED) is 0.642. The van der Waals surface area contributed by atoms with E-state index < -0.39 is 5.60 Å². The van der Waals surface area contributed by atoms with Crippen molar-refractivity contribution in [2.75, 3.05) is 20.1 Å². The molecule has 1 heterocycles. The Morgan fingerprint density at radius 1 is 1.30 bits per heavy atom. The minimum Gasteiger partial charge on any atom is -0.389 e. The molecule has 4 atom stereocenters. The van der Waals surface area contributed by atoms with E-state index in [1.807, 2.05) is 0 Å². The molecule has 0 saturated carbocycles. The Kier molecular flexibility index (Phi) is 5.19. The second-order valence-corrected chi connectivity index (χ2v) is 6.68. The zero-order valence-electron chi connectivity index (χ0n) is 13.1. The van der Waals surface area contributed by atoms with Crippen LogP contribution in [0.3, 0.4) is 0 Å². The average molecular weight is 278 g/mol. The van der Waals surface area contributed by atoms with Gasteiger partial charge in [-0.15, -0.1) is 0 Å². The highest BCUT2D eigenvalue weighted by Crippen LogP contribution is 2.27. The smallest absolute Gasteiger partial charge is 0.101 e. The van der Waals surface area contributed by atoms with Gasteiger partial charge in [-0.1, -0.05) is 37.3 Å². The van der Waals surface area contributed by atoms with E-state index in [4.69, 9.17) is 0 Å². The first-order valence-electron chi connectivity index (χ1n) is 7.91. The summed E-state index contributed by atoms with van der Waals surface area (Å²) in [5.41, 5.74) is 0.889. The number of quaternary nitrogens is 2. The van der Waals surface area contributed by atoms with Crippen molar-refractivity contribution in [3.05, 3.63) is 35.9 Å². The van der Waals surface area contributed by atoms with Gasteiger partial charge in [0.05, 0.1) is 31.8 Å². The Morgan fingerprint density at radius 3 is 2.70 bits per heavy atom.